The van der Waals surface area contributed by atoms with Crippen molar-refractivity contribution >= 4 is 34.0 Å². The van der Waals surface area contributed by atoms with E-state index in [0.717, 1.165) is 10.3 Å². The van der Waals surface area contributed by atoms with Crippen molar-refractivity contribution in [2.75, 3.05) is 11.9 Å². The van der Waals surface area contributed by atoms with E-state index in [9.17, 15) is 14.7 Å². The van der Waals surface area contributed by atoms with Crippen molar-refractivity contribution in [1.29, 1.82) is 0 Å². The van der Waals surface area contributed by atoms with Gasteiger partial charge in [-0.05, 0) is 42.1 Å². The second kappa shape index (κ2) is 7.29. The van der Waals surface area contributed by atoms with Crippen LogP contribution in [0.1, 0.15) is 17.3 Å². The molecule has 2 heterocycles. The summed E-state index contributed by atoms with van der Waals surface area (Å²) in [6.45, 7) is -0.0160. The van der Waals surface area contributed by atoms with Crippen molar-refractivity contribution in [3.63, 3.8) is 0 Å². The van der Waals surface area contributed by atoms with Crippen LogP contribution in [0.15, 0.2) is 57.1 Å². The van der Waals surface area contributed by atoms with E-state index < -0.39 is 5.63 Å². The van der Waals surface area contributed by atoms with Gasteiger partial charge in [0.2, 0.25) is 0 Å². The van der Waals surface area contributed by atoms with Gasteiger partial charge in [-0.1, -0.05) is 6.07 Å². The summed E-state index contributed by atoms with van der Waals surface area (Å²) < 4.78 is 5.06. The summed E-state index contributed by atoms with van der Waals surface area (Å²) in [6.07, 6.45) is 0.441. The maximum absolute atomic E-state index is 12.2. The Morgan fingerprint density at radius 1 is 1.25 bits per heavy atom. The molecule has 0 spiro atoms. The molecule has 24 heavy (non-hydrogen) atoms. The van der Waals surface area contributed by atoms with Gasteiger partial charge >= 0.3 is 11.7 Å². The molecule has 0 fully saturated rings. The van der Waals surface area contributed by atoms with Gasteiger partial charge < -0.3 is 20.2 Å². The van der Waals surface area contributed by atoms with E-state index in [4.69, 9.17) is 4.42 Å². The van der Waals surface area contributed by atoms with Crippen LogP contribution in [0.2, 0.25) is 0 Å². The minimum absolute atomic E-state index is 0.0160. The largest absolute Gasteiger partial charge is 0.423 e. The first-order chi connectivity index (χ1) is 11.7. The number of hydrogen-bond acceptors (Lipinski definition) is 5. The fraction of sp³-hybridized carbons (Fsp3) is 0.176. The molecule has 124 valence electrons. The van der Waals surface area contributed by atoms with E-state index in [-0.39, 0.29) is 18.7 Å². The van der Waals surface area contributed by atoms with Gasteiger partial charge in [-0.2, -0.15) is 0 Å². The van der Waals surface area contributed by atoms with Crippen molar-refractivity contribution in [2.24, 2.45) is 0 Å². The summed E-state index contributed by atoms with van der Waals surface area (Å²) in [4.78, 5) is 24.4. The number of anilines is 1. The standard InChI is InChI=1S/C17H16N2O4S/c20-8-7-13(15-2-1-9-24-15)19-17(22)18-12-4-5-14-11(10-12)3-6-16(21)23-14/h1-6,9-10,13,20H,7-8H2,(H2,18,19,22). The Balaban J connectivity index is 1.71. The van der Waals surface area contributed by atoms with E-state index >= 15 is 0 Å². The molecule has 7 heteroatoms. The number of amides is 2. The fourth-order valence-corrected chi connectivity index (χ4v) is 3.19. The molecule has 2 amide bonds. The maximum Gasteiger partial charge on any atom is 0.336 e. The summed E-state index contributed by atoms with van der Waals surface area (Å²) in [5.74, 6) is 0. The summed E-state index contributed by atoms with van der Waals surface area (Å²) in [6, 6.07) is 11.2. The lowest BCUT2D eigenvalue weighted by atomic mass is 10.2. The van der Waals surface area contributed by atoms with Crippen LogP contribution in [0.3, 0.4) is 0 Å². The average molecular weight is 344 g/mol. The monoisotopic (exact) mass is 344 g/mol. The number of nitrogens with one attached hydrogen (secondary N) is 2. The molecule has 0 aliphatic carbocycles. The minimum Gasteiger partial charge on any atom is -0.423 e. The number of aliphatic hydroxyl groups is 1. The van der Waals surface area contributed by atoms with E-state index in [1.54, 1.807) is 24.3 Å². The molecule has 3 aromatic rings. The molecular weight excluding hydrogens is 328 g/mol. The summed E-state index contributed by atoms with van der Waals surface area (Å²) in [7, 11) is 0. The predicted octanol–water partition coefficient (Wildman–Crippen LogP) is 3.10. The lowest BCUT2D eigenvalue weighted by Gasteiger charge is -2.17. The van der Waals surface area contributed by atoms with Crippen LogP contribution in [-0.4, -0.2) is 17.7 Å². The first kappa shape index (κ1) is 16.2. The smallest absolute Gasteiger partial charge is 0.336 e. The number of carbonyl (C=O) groups excluding carboxylic acids is 1. The Bertz CT molecular complexity index is 889. The molecule has 6 nitrogen and oxygen atoms in total. The first-order valence-corrected chi connectivity index (χ1v) is 8.29. The normalized spacial score (nSPS) is 12.0. The van der Waals surface area contributed by atoms with Gasteiger partial charge in [0.15, 0.2) is 0 Å². The molecule has 1 atom stereocenters. The highest BCUT2D eigenvalue weighted by molar-refractivity contribution is 7.10. The Kier molecular flexibility index (Phi) is 4.93. The molecule has 1 unspecified atom stereocenters. The van der Waals surface area contributed by atoms with Crippen LogP contribution in [0.5, 0.6) is 0 Å². The van der Waals surface area contributed by atoms with Crippen molar-refractivity contribution < 1.29 is 14.3 Å². The zero-order valence-corrected chi connectivity index (χ0v) is 13.5. The quantitative estimate of drug-likeness (QED) is 0.620. The number of fused-ring (bicyclic) bond motifs is 1. The lowest BCUT2D eigenvalue weighted by molar-refractivity contribution is 0.239. The molecular formula is C17H16N2O4S. The molecule has 3 N–H and O–H groups in total. The lowest BCUT2D eigenvalue weighted by Crippen LogP contribution is -2.32. The third-order valence-electron chi connectivity index (χ3n) is 3.49. The number of hydrogen-bond donors (Lipinski definition) is 3. The molecule has 0 bridgehead atoms. The number of rotatable bonds is 5. The Labute approximate surface area is 141 Å². The van der Waals surface area contributed by atoms with Crippen molar-refractivity contribution in [3.05, 3.63) is 63.1 Å². The van der Waals surface area contributed by atoms with E-state index in [1.165, 1.54) is 17.4 Å². The fourth-order valence-electron chi connectivity index (χ4n) is 2.38. The van der Waals surface area contributed by atoms with E-state index in [0.29, 0.717) is 17.7 Å². The van der Waals surface area contributed by atoms with Gasteiger partial charge in [0.25, 0.3) is 0 Å². The van der Waals surface area contributed by atoms with Crippen molar-refractivity contribution in [2.45, 2.75) is 12.5 Å². The van der Waals surface area contributed by atoms with Gasteiger partial charge in [-0.25, -0.2) is 9.59 Å². The van der Waals surface area contributed by atoms with Crippen molar-refractivity contribution in [1.82, 2.24) is 5.32 Å². The van der Waals surface area contributed by atoms with Crippen LogP contribution >= 0.6 is 11.3 Å². The van der Waals surface area contributed by atoms with Gasteiger partial charge in [0.05, 0.1) is 6.04 Å². The Morgan fingerprint density at radius 3 is 2.88 bits per heavy atom. The Morgan fingerprint density at radius 2 is 2.12 bits per heavy atom. The van der Waals surface area contributed by atoms with Crippen LogP contribution < -0.4 is 16.3 Å². The van der Waals surface area contributed by atoms with Crippen LogP contribution in [0.25, 0.3) is 11.0 Å². The zero-order valence-electron chi connectivity index (χ0n) is 12.7. The van der Waals surface area contributed by atoms with Crippen LogP contribution in [0, 0.1) is 0 Å². The topological polar surface area (TPSA) is 91.6 Å². The number of aliphatic hydroxyl groups excluding tert-OH is 1. The minimum atomic E-state index is -0.413. The SMILES string of the molecule is O=C(Nc1ccc2oc(=O)ccc2c1)NC(CCO)c1cccs1. The van der Waals surface area contributed by atoms with Gasteiger partial charge in [-0.15, -0.1) is 11.3 Å². The predicted molar refractivity (Wildman–Crippen MR) is 93.4 cm³/mol. The summed E-state index contributed by atoms with van der Waals surface area (Å²) in [5.41, 5.74) is 0.636. The van der Waals surface area contributed by atoms with Crippen molar-refractivity contribution in [3.8, 4) is 0 Å². The van der Waals surface area contributed by atoms with E-state index in [1.807, 2.05) is 17.5 Å². The molecule has 0 saturated heterocycles. The van der Waals surface area contributed by atoms with Gasteiger partial charge in [0.1, 0.15) is 5.58 Å². The third-order valence-corrected chi connectivity index (χ3v) is 4.47. The summed E-state index contributed by atoms with van der Waals surface area (Å²) >= 11 is 1.53. The molecule has 2 aromatic heterocycles. The van der Waals surface area contributed by atoms with Crippen LogP contribution in [-0.2, 0) is 0 Å². The molecule has 0 radical (unpaired) electrons. The first-order valence-electron chi connectivity index (χ1n) is 7.41. The highest BCUT2D eigenvalue weighted by Gasteiger charge is 2.15. The number of thiophene rings is 1. The highest BCUT2D eigenvalue weighted by Crippen LogP contribution is 2.22. The molecule has 3 rings (SSSR count). The third kappa shape index (κ3) is 3.81. The molecule has 0 aliphatic heterocycles. The maximum atomic E-state index is 12.2. The molecule has 1 aromatic carbocycles. The van der Waals surface area contributed by atoms with Gasteiger partial charge in [-0.3, -0.25) is 0 Å². The van der Waals surface area contributed by atoms with Crippen LogP contribution in [0.4, 0.5) is 10.5 Å². The van der Waals surface area contributed by atoms with Gasteiger partial charge in [0, 0.05) is 28.6 Å². The highest BCUT2D eigenvalue weighted by atomic mass is 32.1. The second-order valence-corrected chi connectivity index (χ2v) is 6.17. The summed E-state index contributed by atoms with van der Waals surface area (Å²) in [5, 5.41) is 17.4. The molecule has 0 saturated carbocycles. The number of urea groups is 1. The number of benzene rings is 1. The molecule has 0 aliphatic rings. The zero-order chi connectivity index (χ0) is 16.9. The second-order valence-electron chi connectivity index (χ2n) is 5.19. The Hall–Kier alpha value is -2.64. The average Bonchev–Trinajstić information content (AvgIpc) is 3.09. The van der Waals surface area contributed by atoms with E-state index in [2.05, 4.69) is 10.6 Å². The number of carbonyl (C=O) groups is 1.